The van der Waals surface area contributed by atoms with E-state index in [2.05, 4.69) is 10.3 Å². The lowest BCUT2D eigenvalue weighted by Crippen LogP contribution is -2.28. The highest BCUT2D eigenvalue weighted by molar-refractivity contribution is 5.82. The maximum atomic E-state index is 11.5. The molecule has 0 saturated heterocycles. The average Bonchev–Trinajstić information content (AvgIpc) is 2.56. The zero-order chi connectivity index (χ0) is 16.2. The number of rotatable bonds is 5. The number of aromatic nitrogens is 1. The van der Waals surface area contributed by atoms with E-state index >= 15 is 0 Å². The molecule has 0 spiro atoms. The number of carbonyl (C=O) groups is 1. The third-order valence-corrected chi connectivity index (χ3v) is 3.85. The van der Waals surface area contributed by atoms with Crippen LogP contribution in [0.5, 0.6) is 0 Å². The summed E-state index contributed by atoms with van der Waals surface area (Å²) in [5.41, 5.74) is 3.87. The summed E-state index contributed by atoms with van der Waals surface area (Å²) in [6.07, 6.45) is 1.78. The molecule has 0 aliphatic rings. The number of benzene rings is 2. The molecule has 2 N–H and O–H groups in total. The van der Waals surface area contributed by atoms with Gasteiger partial charge in [0.15, 0.2) is 0 Å². The first-order valence-electron chi connectivity index (χ1n) is 7.50. The van der Waals surface area contributed by atoms with Gasteiger partial charge in [0.2, 0.25) is 0 Å². The van der Waals surface area contributed by atoms with E-state index in [0.717, 1.165) is 27.6 Å². The van der Waals surface area contributed by atoms with Gasteiger partial charge in [0.1, 0.15) is 6.04 Å². The molecular weight excluding hydrogens is 288 g/mol. The van der Waals surface area contributed by atoms with Crippen molar-refractivity contribution >= 4 is 16.9 Å². The van der Waals surface area contributed by atoms with Crippen molar-refractivity contribution in [1.82, 2.24) is 10.3 Å². The lowest BCUT2D eigenvalue weighted by Gasteiger charge is -2.15. The standard InChI is InChI=1S/C19H18N2O2/c1-13-10-14(11-16-8-5-9-20-17(13)16)12-21-18(19(22)23)15-6-3-2-4-7-15/h2-11,18,21H,12H2,1H3,(H,22,23). The highest BCUT2D eigenvalue weighted by Crippen LogP contribution is 2.19. The lowest BCUT2D eigenvalue weighted by molar-refractivity contribution is -0.139. The fourth-order valence-corrected chi connectivity index (χ4v) is 2.77. The molecule has 23 heavy (non-hydrogen) atoms. The molecule has 0 saturated carbocycles. The summed E-state index contributed by atoms with van der Waals surface area (Å²) in [7, 11) is 0. The van der Waals surface area contributed by atoms with E-state index < -0.39 is 12.0 Å². The molecule has 3 aromatic rings. The Labute approximate surface area is 134 Å². The number of nitrogens with zero attached hydrogens (tertiary/aromatic N) is 1. The number of aryl methyl sites for hydroxylation is 1. The molecule has 116 valence electrons. The Morgan fingerprint density at radius 1 is 1.17 bits per heavy atom. The predicted molar refractivity (Wildman–Crippen MR) is 90.1 cm³/mol. The fourth-order valence-electron chi connectivity index (χ4n) is 2.77. The molecule has 1 heterocycles. The van der Waals surface area contributed by atoms with E-state index in [1.807, 2.05) is 61.5 Å². The van der Waals surface area contributed by atoms with Crippen molar-refractivity contribution in [1.29, 1.82) is 0 Å². The van der Waals surface area contributed by atoms with Crippen molar-refractivity contribution in [3.05, 3.63) is 77.5 Å². The molecule has 1 aromatic heterocycles. The van der Waals surface area contributed by atoms with Gasteiger partial charge in [-0.15, -0.1) is 0 Å². The second kappa shape index (κ2) is 6.58. The minimum atomic E-state index is -0.879. The Bertz CT molecular complexity index is 831. The number of hydrogen-bond acceptors (Lipinski definition) is 3. The van der Waals surface area contributed by atoms with Gasteiger partial charge < -0.3 is 5.11 Å². The van der Waals surface area contributed by atoms with Gasteiger partial charge in [-0.3, -0.25) is 15.1 Å². The SMILES string of the molecule is Cc1cc(CNC(C(=O)O)c2ccccc2)cc2cccnc12. The lowest BCUT2D eigenvalue weighted by atomic mass is 10.0. The first-order valence-corrected chi connectivity index (χ1v) is 7.50. The fraction of sp³-hybridized carbons (Fsp3) is 0.158. The van der Waals surface area contributed by atoms with Crippen LogP contribution in [0.15, 0.2) is 60.8 Å². The average molecular weight is 306 g/mol. The van der Waals surface area contributed by atoms with Crippen molar-refractivity contribution in [3.63, 3.8) is 0 Å². The molecule has 4 heteroatoms. The van der Waals surface area contributed by atoms with Gasteiger partial charge in [0.25, 0.3) is 0 Å². The van der Waals surface area contributed by atoms with Crippen molar-refractivity contribution in [2.24, 2.45) is 0 Å². The van der Waals surface area contributed by atoms with Crippen molar-refractivity contribution in [2.75, 3.05) is 0 Å². The topological polar surface area (TPSA) is 62.2 Å². The Kier molecular flexibility index (Phi) is 4.35. The molecule has 1 unspecified atom stereocenters. The molecule has 3 rings (SSSR count). The van der Waals surface area contributed by atoms with Crippen LogP contribution >= 0.6 is 0 Å². The van der Waals surface area contributed by atoms with E-state index in [1.165, 1.54) is 0 Å². The Morgan fingerprint density at radius 3 is 2.70 bits per heavy atom. The minimum absolute atomic E-state index is 0.484. The first kappa shape index (κ1) is 15.2. The van der Waals surface area contributed by atoms with E-state index in [9.17, 15) is 9.90 Å². The predicted octanol–water partition coefficient (Wildman–Crippen LogP) is 3.46. The quantitative estimate of drug-likeness (QED) is 0.758. The zero-order valence-electron chi connectivity index (χ0n) is 12.9. The van der Waals surface area contributed by atoms with E-state index in [-0.39, 0.29) is 0 Å². The molecule has 0 aliphatic heterocycles. The van der Waals surface area contributed by atoms with Gasteiger partial charge in [-0.05, 0) is 35.7 Å². The smallest absolute Gasteiger partial charge is 0.325 e. The molecule has 4 nitrogen and oxygen atoms in total. The van der Waals surface area contributed by atoms with Crippen LogP contribution in [-0.4, -0.2) is 16.1 Å². The normalized spacial score (nSPS) is 12.2. The molecule has 0 aliphatic carbocycles. The summed E-state index contributed by atoms with van der Waals surface area (Å²) in [5.74, 6) is -0.879. The molecule has 0 radical (unpaired) electrons. The van der Waals surface area contributed by atoms with Crippen LogP contribution in [0.25, 0.3) is 10.9 Å². The number of carboxylic acid groups (broad SMARTS) is 1. The van der Waals surface area contributed by atoms with Crippen LogP contribution in [-0.2, 0) is 11.3 Å². The number of carboxylic acids is 1. The minimum Gasteiger partial charge on any atom is -0.480 e. The maximum Gasteiger partial charge on any atom is 0.325 e. The van der Waals surface area contributed by atoms with Crippen LogP contribution in [0.2, 0.25) is 0 Å². The molecule has 0 fully saturated rings. The highest BCUT2D eigenvalue weighted by Gasteiger charge is 2.18. The summed E-state index contributed by atoms with van der Waals surface area (Å²) in [6.45, 7) is 2.50. The summed E-state index contributed by atoms with van der Waals surface area (Å²) in [4.78, 5) is 15.9. The van der Waals surface area contributed by atoms with Gasteiger partial charge >= 0.3 is 5.97 Å². The van der Waals surface area contributed by atoms with Gasteiger partial charge in [-0.25, -0.2) is 0 Å². The first-order chi connectivity index (χ1) is 11.1. The molecule has 2 aromatic carbocycles. The number of hydrogen-bond donors (Lipinski definition) is 2. The molecular formula is C19H18N2O2. The number of nitrogens with one attached hydrogen (secondary N) is 1. The van der Waals surface area contributed by atoms with E-state index in [4.69, 9.17) is 0 Å². The molecule has 0 amide bonds. The Balaban J connectivity index is 1.83. The number of pyridine rings is 1. The van der Waals surface area contributed by atoms with Gasteiger partial charge in [0, 0.05) is 18.1 Å². The van der Waals surface area contributed by atoms with Crippen LogP contribution in [0, 0.1) is 6.92 Å². The third kappa shape index (κ3) is 3.38. The Hall–Kier alpha value is -2.72. The van der Waals surface area contributed by atoms with Crippen LogP contribution in [0.3, 0.4) is 0 Å². The van der Waals surface area contributed by atoms with Crippen LogP contribution in [0.1, 0.15) is 22.7 Å². The third-order valence-electron chi connectivity index (χ3n) is 3.85. The van der Waals surface area contributed by atoms with Gasteiger partial charge in [-0.2, -0.15) is 0 Å². The Morgan fingerprint density at radius 2 is 1.96 bits per heavy atom. The summed E-state index contributed by atoms with van der Waals surface area (Å²) in [5, 5.41) is 13.6. The molecule has 1 atom stereocenters. The van der Waals surface area contributed by atoms with E-state index in [0.29, 0.717) is 6.54 Å². The van der Waals surface area contributed by atoms with Crippen LogP contribution < -0.4 is 5.32 Å². The summed E-state index contributed by atoms with van der Waals surface area (Å²) >= 11 is 0. The summed E-state index contributed by atoms with van der Waals surface area (Å²) in [6, 6.07) is 16.5. The number of fused-ring (bicyclic) bond motifs is 1. The second-order valence-corrected chi connectivity index (χ2v) is 5.55. The second-order valence-electron chi connectivity index (χ2n) is 5.55. The number of aliphatic carboxylic acids is 1. The monoisotopic (exact) mass is 306 g/mol. The van der Waals surface area contributed by atoms with E-state index in [1.54, 1.807) is 6.20 Å². The largest absolute Gasteiger partial charge is 0.480 e. The summed E-state index contributed by atoms with van der Waals surface area (Å²) < 4.78 is 0. The van der Waals surface area contributed by atoms with Crippen molar-refractivity contribution < 1.29 is 9.90 Å². The highest BCUT2D eigenvalue weighted by atomic mass is 16.4. The van der Waals surface area contributed by atoms with Crippen molar-refractivity contribution in [3.8, 4) is 0 Å². The van der Waals surface area contributed by atoms with Crippen LogP contribution in [0.4, 0.5) is 0 Å². The van der Waals surface area contributed by atoms with Gasteiger partial charge in [-0.1, -0.05) is 42.5 Å². The zero-order valence-corrected chi connectivity index (χ0v) is 12.9. The van der Waals surface area contributed by atoms with Crippen molar-refractivity contribution in [2.45, 2.75) is 19.5 Å². The maximum absolute atomic E-state index is 11.5. The van der Waals surface area contributed by atoms with Gasteiger partial charge in [0.05, 0.1) is 5.52 Å². The molecule has 0 bridgehead atoms.